The molecule has 3 unspecified atom stereocenters. The number of nitrogens with zero attached hydrogens (tertiary/aromatic N) is 2. The van der Waals surface area contributed by atoms with Crippen LogP contribution in [0.4, 0.5) is 0 Å². The molecule has 0 bridgehead atoms. The summed E-state index contributed by atoms with van der Waals surface area (Å²) in [4.78, 5) is 16.1. The lowest BCUT2D eigenvalue weighted by Crippen LogP contribution is -2.40. The van der Waals surface area contributed by atoms with Gasteiger partial charge in [-0.2, -0.15) is 0 Å². The van der Waals surface area contributed by atoms with Crippen LogP contribution in [0.15, 0.2) is 11.6 Å². The topological polar surface area (TPSA) is 23.6 Å². The zero-order chi connectivity index (χ0) is 15.3. The number of amides is 1. The minimum atomic E-state index is 0.217. The summed E-state index contributed by atoms with van der Waals surface area (Å²) in [5.41, 5.74) is 1.50. The molecule has 1 aliphatic rings. The smallest absolute Gasteiger partial charge is 0.219 e. The molecule has 0 saturated carbocycles. The summed E-state index contributed by atoms with van der Waals surface area (Å²) in [6.45, 7) is 11.4. The minimum Gasteiger partial charge on any atom is -0.343 e. The van der Waals surface area contributed by atoms with E-state index >= 15 is 0 Å². The van der Waals surface area contributed by atoms with E-state index in [1.165, 1.54) is 12.0 Å². The highest BCUT2D eigenvalue weighted by atomic mass is 16.2. The van der Waals surface area contributed by atoms with Gasteiger partial charge in [0, 0.05) is 20.0 Å². The molecule has 0 fully saturated rings. The van der Waals surface area contributed by atoms with Crippen molar-refractivity contribution in [2.24, 2.45) is 17.8 Å². The van der Waals surface area contributed by atoms with Crippen LogP contribution in [0, 0.1) is 17.8 Å². The molecule has 116 valence electrons. The fourth-order valence-corrected chi connectivity index (χ4v) is 3.37. The standard InChI is InChI=1S/C17H32N2O/c1-13-10-14(2)17(15(3)11-13)12-19(16(4)20)9-7-8-18(5)6/h10,14-15,17H,7-9,11-12H2,1-6H3. The first-order valence-corrected chi connectivity index (χ1v) is 7.88. The van der Waals surface area contributed by atoms with Gasteiger partial charge in [-0.3, -0.25) is 4.79 Å². The van der Waals surface area contributed by atoms with Gasteiger partial charge in [0.2, 0.25) is 5.91 Å². The Morgan fingerprint density at radius 1 is 1.30 bits per heavy atom. The highest BCUT2D eigenvalue weighted by Gasteiger charge is 2.29. The van der Waals surface area contributed by atoms with Crippen LogP contribution in [0.1, 0.15) is 40.5 Å². The van der Waals surface area contributed by atoms with E-state index in [9.17, 15) is 4.79 Å². The summed E-state index contributed by atoms with van der Waals surface area (Å²) < 4.78 is 0. The normalized spacial score (nSPS) is 26.6. The van der Waals surface area contributed by atoms with E-state index in [4.69, 9.17) is 0 Å². The second-order valence-corrected chi connectivity index (χ2v) is 6.84. The quantitative estimate of drug-likeness (QED) is 0.698. The predicted molar refractivity (Wildman–Crippen MR) is 85.6 cm³/mol. The molecule has 1 amide bonds. The van der Waals surface area contributed by atoms with Gasteiger partial charge in [-0.15, -0.1) is 0 Å². The lowest BCUT2D eigenvalue weighted by molar-refractivity contribution is -0.130. The number of hydrogen-bond acceptors (Lipinski definition) is 2. The molecule has 0 aromatic rings. The van der Waals surface area contributed by atoms with Crippen LogP contribution in [-0.4, -0.2) is 49.4 Å². The molecule has 0 aromatic heterocycles. The van der Waals surface area contributed by atoms with Gasteiger partial charge in [0.15, 0.2) is 0 Å². The average Bonchev–Trinajstić information content (AvgIpc) is 2.30. The Morgan fingerprint density at radius 2 is 1.95 bits per heavy atom. The number of rotatable bonds is 6. The minimum absolute atomic E-state index is 0.217. The SMILES string of the molecule is CC(=O)N(CCCN(C)C)CC1C(C)C=C(C)CC1C. The zero-order valence-corrected chi connectivity index (χ0v) is 14.1. The van der Waals surface area contributed by atoms with Crippen LogP contribution in [0.3, 0.4) is 0 Å². The van der Waals surface area contributed by atoms with Crippen molar-refractivity contribution in [3.8, 4) is 0 Å². The van der Waals surface area contributed by atoms with E-state index in [2.05, 4.69) is 50.7 Å². The van der Waals surface area contributed by atoms with Crippen LogP contribution in [-0.2, 0) is 4.79 Å². The molecular weight excluding hydrogens is 248 g/mol. The Morgan fingerprint density at radius 3 is 2.45 bits per heavy atom. The number of carbonyl (C=O) groups is 1. The van der Waals surface area contributed by atoms with Crippen molar-refractivity contribution in [1.29, 1.82) is 0 Å². The number of hydrogen-bond donors (Lipinski definition) is 0. The Bertz CT molecular complexity index is 349. The van der Waals surface area contributed by atoms with Crippen molar-refractivity contribution in [3.63, 3.8) is 0 Å². The largest absolute Gasteiger partial charge is 0.343 e. The van der Waals surface area contributed by atoms with Crippen molar-refractivity contribution in [3.05, 3.63) is 11.6 Å². The van der Waals surface area contributed by atoms with E-state index < -0.39 is 0 Å². The van der Waals surface area contributed by atoms with Gasteiger partial charge in [0.05, 0.1) is 0 Å². The van der Waals surface area contributed by atoms with E-state index in [0.717, 1.165) is 26.1 Å². The monoisotopic (exact) mass is 280 g/mol. The van der Waals surface area contributed by atoms with Gasteiger partial charge in [-0.05, 0) is 58.2 Å². The third-order valence-corrected chi connectivity index (χ3v) is 4.51. The maximum absolute atomic E-state index is 11.9. The summed E-state index contributed by atoms with van der Waals surface area (Å²) >= 11 is 0. The molecule has 0 heterocycles. The summed E-state index contributed by atoms with van der Waals surface area (Å²) in [5.74, 6) is 2.07. The van der Waals surface area contributed by atoms with Gasteiger partial charge >= 0.3 is 0 Å². The average molecular weight is 280 g/mol. The molecule has 20 heavy (non-hydrogen) atoms. The van der Waals surface area contributed by atoms with Crippen molar-refractivity contribution >= 4 is 5.91 Å². The maximum Gasteiger partial charge on any atom is 0.219 e. The van der Waals surface area contributed by atoms with Crippen molar-refractivity contribution in [2.75, 3.05) is 33.7 Å². The van der Waals surface area contributed by atoms with Crippen LogP contribution in [0.2, 0.25) is 0 Å². The molecule has 3 nitrogen and oxygen atoms in total. The summed E-state index contributed by atoms with van der Waals surface area (Å²) in [5, 5.41) is 0. The fraction of sp³-hybridized carbons (Fsp3) is 0.824. The molecular formula is C17H32N2O. The van der Waals surface area contributed by atoms with Crippen LogP contribution < -0.4 is 0 Å². The second kappa shape index (κ2) is 7.82. The van der Waals surface area contributed by atoms with Gasteiger partial charge in [0.1, 0.15) is 0 Å². The molecule has 3 heteroatoms. The van der Waals surface area contributed by atoms with Crippen LogP contribution in [0.25, 0.3) is 0 Å². The Kier molecular flexibility index (Phi) is 6.74. The lowest BCUT2D eigenvalue weighted by atomic mass is 9.74. The fourth-order valence-electron chi connectivity index (χ4n) is 3.37. The second-order valence-electron chi connectivity index (χ2n) is 6.84. The molecule has 0 radical (unpaired) electrons. The lowest BCUT2D eigenvalue weighted by Gasteiger charge is -2.37. The Labute approximate surface area is 125 Å². The third-order valence-electron chi connectivity index (χ3n) is 4.51. The van der Waals surface area contributed by atoms with Gasteiger partial charge in [-0.1, -0.05) is 25.5 Å². The molecule has 0 aliphatic heterocycles. The Balaban J connectivity index is 2.59. The van der Waals surface area contributed by atoms with Gasteiger partial charge in [0.25, 0.3) is 0 Å². The highest BCUT2D eigenvalue weighted by Crippen LogP contribution is 2.34. The Hall–Kier alpha value is -0.830. The molecule has 1 aliphatic carbocycles. The number of allylic oxidation sites excluding steroid dienone is 2. The maximum atomic E-state index is 11.9. The van der Waals surface area contributed by atoms with Gasteiger partial charge < -0.3 is 9.80 Å². The molecule has 3 atom stereocenters. The number of carbonyl (C=O) groups excluding carboxylic acids is 1. The van der Waals surface area contributed by atoms with E-state index in [0.29, 0.717) is 17.8 Å². The van der Waals surface area contributed by atoms with Crippen molar-refractivity contribution < 1.29 is 4.79 Å². The molecule has 0 spiro atoms. The van der Waals surface area contributed by atoms with Crippen molar-refractivity contribution in [2.45, 2.75) is 40.5 Å². The highest BCUT2D eigenvalue weighted by molar-refractivity contribution is 5.73. The summed E-state index contributed by atoms with van der Waals surface area (Å²) in [7, 11) is 4.16. The van der Waals surface area contributed by atoms with E-state index in [1.54, 1.807) is 6.92 Å². The molecule has 0 saturated heterocycles. The van der Waals surface area contributed by atoms with E-state index in [1.807, 2.05) is 0 Å². The first kappa shape index (κ1) is 17.2. The van der Waals surface area contributed by atoms with Crippen molar-refractivity contribution in [1.82, 2.24) is 9.80 Å². The third kappa shape index (κ3) is 5.28. The first-order valence-electron chi connectivity index (χ1n) is 7.88. The predicted octanol–water partition coefficient (Wildman–Crippen LogP) is 3.03. The van der Waals surface area contributed by atoms with Crippen LogP contribution >= 0.6 is 0 Å². The zero-order valence-electron chi connectivity index (χ0n) is 14.1. The van der Waals surface area contributed by atoms with Gasteiger partial charge in [-0.25, -0.2) is 0 Å². The summed E-state index contributed by atoms with van der Waals surface area (Å²) in [6.07, 6.45) is 4.62. The molecule has 1 rings (SSSR count). The summed E-state index contributed by atoms with van der Waals surface area (Å²) in [6, 6.07) is 0. The molecule has 0 N–H and O–H groups in total. The molecule has 0 aromatic carbocycles. The first-order chi connectivity index (χ1) is 9.31. The van der Waals surface area contributed by atoms with Crippen LogP contribution in [0.5, 0.6) is 0 Å². The van der Waals surface area contributed by atoms with E-state index in [-0.39, 0.29) is 5.91 Å².